The molecule has 2 N–H and O–H groups in total. The number of imidazole rings is 2. The predicted molar refractivity (Wildman–Crippen MR) is 251 cm³/mol. The van der Waals surface area contributed by atoms with Gasteiger partial charge in [-0.3, -0.25) is 19.4 Å². The fourth-order valence-electron chi connectivity index (χ4n) is 10.6. The minimum atomic E-state index is -0.338. The van der Waals surface area contributed by atoms with Crippen molar-refractivity contribution in [3.8, 4) is 22.8 Å². The van der Waals surface area contributed by atoms with Crippen LogP contribution in [0.5, 0.6) is 0 Å². The second-order valence-corrected chi connectivity index (χ2v) is 18.4. The van der Waals surface area contributed by atoms with Gasteiger partial charge in [0.15, 0.2) is 5.76 Å². The number of para-hydroxylation sites is 1. The van der Waals surface area contributed by atoms with Crippen LogP contribution in [0.15, 0.2) is 108 Å². The van der Waals surface area contributed by atoms with E-state index in [0.717, 1.165) is 134 Å². The predicted octanol–water partition coefficient (Wildman–Crippen LogP) is 7.07. The van der Waals surface area contributed by atoms with Gasteiger partial charge in [0, 0.05) is 71.0 Å². The highest BCUT2D eigenvalue weighted by molar-refractivity contribution is 5.91. The number of nitrogens with one attached hydrogen (secondary N) is 2. The molecule has 4 aliphatic heterocycles. The van der Waals surface area contributed by atoms with Crippen molar-refractivity contribution >= 4 is 33.9 Å². The number of carbonyl (C=O) groups is 2. The van der Waals surface area contributed by atoms with E-state index in [1.165, 1.54) is 0 Å². The Morgan fingerprint density at radius 3 is 1.75 bits per heavy atom. The molecule has 4 aromatic carbocycles. The molecule has 3 aromatic heterocycles. The lowest BCUT2D eigenvalue weighted by Gasteiger charge is -2.39. The molecule has 14 heteroatoms. The van der Waals surface area contributed by atoms with Gasteiger partial charge in [-0.25, -0.2) is 15.0 Å². The second-order valence-electron chi connectivity index (χ2n) is 18.4. The molecule has 0 spiro atoms. The topological polar surface area (TPSA) is 137 Å². The first kappa shape index (κ1) is 41.5. The number of oxazole rings is 1. The lowest BCUT2D eigenvalue weighted by atomic mass is 10.0. The van der Waals surface area contributed by atoms with Crippen molar-refractivity contribution in [2.75, 3.05) is 79.5 Å². The minimum absolute atomic E-state index is 0.134. The number of likely N-dealkylation sites (tertiary alicyclic amines) is 2. The van der Waals surface area contributed by atoms with Crippen molar-refractivity contribution in [3.05, 3.63) is 126 Å². The summed E-state index contributed by atoms with van der Waals surface area (Å²) < 4.78 is 6.52. The first-order valence-corrected chi connectivity index (χ1v) is 23.4. The Hall–Kier alpha value is -6.19. The number of carbonyl (C=O) groups excluding carboxylic acids is 2. The van der Waals surface area contributed by atoms with Gasteiger partial charge in [-0.05, 0) is 81.2 Å². The molecule has 2 unspecified atom stereocenters. The van der Waals surface area contributed by atoms with E-state index in [0.29, 0.717) is 24.7 Å². The smallest absolute Gasteiger partial charge is 0.245 e. The highest BCUT2D eigenvalue weighted by Crippen LogP contribution is 2.39. The molecule has 2 amide bonds. The molecule has 11 rings (SSSR count). The highest BCUT2D eigenvalue weighted by atomic mass is 16.4. The minimum Gasteiger partial charge on any atom is -0.436 e. The summed E-state index contributed by atoms with van der Waals surface area (Å²) in [4.78, 5) is 64.9. The van der Waals surface area contributed by atoms with Gasteiger partial charge in [0.2, 0.25) is 17.7 Å². The van der Waals surface area contributed by atoms with E-state index in [1.54, 1.807) is 6.20 Å². The van der Waals surface area contributed by atoms with Gasteiger partial charge < -0.3 is 34.0 Å². The molecule has 65 heavy (non-hydrogen) atoms. The summed E-state index contributed by atoms with van der Waals surface area (Å²) in [6.45, 7) is 8.54. The van der Waals surface area contributed by atoms with Gasteiger partial charge in [-0.15, -0.1) is 0 Å². The molecular formula is C51H57N11O3. The largest absolute Gasteiger partial charge is 0.436 e. The van der Waals surface area contributed by atoms with Crippen molar-refractivity contribution < 1.29 is 14.0 Å². The summed E-state index contributed by atoms with van der Waals surface area (Å²) in [7, 11) is 4.29. The third kappa shape index (κ3) is 8.02. The summed E-state index contributed by atoms with van der Waals surface area (Å²) in [6, 6.07) is 31.6. The fraction of sp³-hybridized carbons (Fsp3) is 0.392. The van der Waals surface area contributed by atoms with Crippen LogP contribution in [0.1, 0.15) is 72.6 Å². The van der Waals surface area contributed by atoms with Crippen LogP contribution in [-0.4, -0.2) is 146 Å². The molecular weight excluding hydrogens is 815 g/mol. The van der Waals surface area contributed by atoms with Crippen molar-refractivity contribution in [2.45, 2.75) is 49.9 Å². The molecule has 334 valence electrons. The number of benzene rings is 4. The maximum absolute atomic E-state index is 14.7. The van der Waals surface area contributed by atoms with Crippen molar-refractivity contribution in [2.24, 2.45) is 0 Å². The van der Waals surface area contributed by atoms with Crippen LogP contribution in [0.3, 0.4) is 0 Å². The zero-order valence-electron chi connectivity index (χ0n) is 37.3. The summed E-state index contributed by atoms with van der Waals surface area (Å²) in [5.74, 6) is 2.98. The Kier molecular flexibility index (Phi) is 11.3. The molecule has 4 fully saturated rings. The Morgan fingerprint density at radius 1 is 0.615 bits per heavy atom. The number of H-pyrrole nitrogens is 2. The van der Waals surface area contributed by atoms with Gasteiger partial charge in [0.25, 0.3) is 0 Å². The lowest BCUT2D eigenvalue weighted by Crippen LogP contribution is -2.50. The van der Waals surface area contributed by atoms with Crippen LogP contribution in [0.2, 0.25) is 0 Å². The van der Waals surface area contributed by atoms with Crippen LogP contribution < -0.4 is 0 Å². The van der Waals surface area contributed by atoms with Crippen LogP contribution in [0, 0.1) is 0 Å². The number of nitrogens with zero attached hydrogens (tertiary/aromatic N) is 9. The third-order valence-corrected chi connectivity index (χ3v) is 14.3. The van der Waals surface area contributed by atoms with Crippen LogP contribution >= 0.6 is 0 Å². The normalized spacial score (nSPS) is 21.4. The Balaban J connectivity index is 0.833. The number of amides is 2. The van der Waals surface area contributed by atoms with E-state index in [1.807, 2.05) is 71.6 Å². The molecule has 0 bridgehead atoms. The number of aromatic nitrogens is 5. The van der Waals surface area contributed by atoms with Crippen molar-refractivity contribution in [1.29, 1.82) is 0 Å². The van der Waals surface area contributed by atoms with E-state index in [-0.39, 0.29) is 36.0 Å². The van der Waals surface area contributed by atoms with E-state index in [9.17, 15) is 9.59 Å². The molecule has 14 nitrogen and oxygen atoms in total. The Bertz CT molecular complexity index is 2790. The van der Waals surface area contributed by atoms with Gasteiger partial charge in [0.1, 0.15) is 29.2 Å². The molecule has 4 atom stereocenters. The molecule has 0 radical (unpaired) electrons. The van der Waals surface area contributed by atoms with Gasteiger partial charge >= 0.3 is 0 Å². The number of likely N-dealkylation sites (N-methyl/N-ethyl adjacent to an activating group) is 2. The number of hydrogen-bond donors (Lipinski definition) is 2. The summed E-state index contributed by atoms with van der Waals surface area (Å²) in [5.41, 5.74) is 7.09. The van der Waals surface area contributed by atoms with E-state index in [2.05, 4.69) is 78.9 Å². The molecule has 0 saturated carbocycles. The first-order valence-electron chi connectivity index (χ1n) is 23.4. The Labute approximate surface area is 379 Å². The zero-order chi connectivity index (χ0) is 44.0. The monoisotopic (exact) mass is 871 g/mol. The third-order valence-electron chi connectivity index (χ3n) is 14.3. The summed E-state index contributed by atoms with van der Waals surface area (Å²) in [6.07, 6.45) is 5.30. The molecule has 4 aliphatic rings. The average molecular weight is 872 g/mol. The number of aromatic amines is 2. The SMILES string of the molecule is CN1CCN([C@H](C(=O)N2CCCC2c2nc3ccc(-c4cnc(-c5cccc6[nH]c(C7CCCN7C(=O)[C@H](c7ccccc7)N7CCN(C)CC7)nc56)o4)cc3[nH]2)c2ccccc2)CC1. The van der Waals surface area contributed by atoms with Gasteiger partial charge in [-0.2, -0.15) is 0 Å². The standard InChI is InChI=1S/C51H57N11O3/c1-57-24-28-59(29-25-57)45(34-12-5-3-6-13-34)50(63)61-22-10-18-41(61)47-53-38-21-20-36(32-40(38)55-47)43-33-52-49(65-43)37-16-9-17-39-44(37)56-48(54-39)42-19-11-23-62(42)51(64)46(35-14-7-4-8-15-35)60-30-26-58(2)27-31-60/h3-9,12-17,20-21,32-33,41-42,45-46H,10-11,18-19,22-31H2,1-2H3,(H,53,55)(H,54,56)/t41?,42?,45-,46-/m0/s1. The van der Waals surface area contributed by atoms with Crippen molar-refractivity contribution in [1.82, 2.24) is 54.3 Å². The lowest BCUT2D eigenvalue weighted by molar-refractivity contribution is -0.140. The maximum atomic E-state index is 14.7. The van der Waals surface area contributed by atoms with E-state index in [4.69, 9.17) is 19.4 Å². The van der Waals surface area contributed by atoms with Gasteiger partial charge in [-0.1, -0.05) is 66.7 Å². The molecule has 7 aromatic rings. The first-order chi connectivity index (χ1) is 31.9. The molecule has 7 heterocycles. The number of hydrogen-bond acceptors (Lipinski definition) is 10. The fourth-order valence-corrected chi connectivity index (χ4v) is 10.6. The number of fused-ring (bicyclic) bond motifs is 2. The zero-order valence-corrected chi connectivity index (χ0v) is 37.3. The quantitative estimate of drug-likeness (QED) is 0.147. The summed E-state index contributed by atoms with van der Waals surface area (Å²) >= 11 is 0. The molecule has 4 saturated heterocycles. The molecule has 0 aliphatic carbocycles. The van der Waals surface area contributed by atoms with E-state index < -0.39 is 0 Å². The van der Waals surface area contributed by atoms with Gasteiger partial charge in [0.05, 0.1) is 40.4 Å². The van der Waals surface area contributed by atoms with Crippen LogP contribution in [0.4, 0.5) is 0 Å². The number of rotatable bonds is 10. The van der Waals surface area contributed by atoms with Crippen LogP contribution in [-0.2, 0) is 9.59 Å². The van der Waals surface area contributed by atoms with E-state index >= 15 is 0 Å². The highest BCUT2D eigenvalue weighted by Gasteiger charge is 2.41. The number of piperazine rings is 2. The van der Waals surface area contributed by atoms with Crippen LogP contribution in [0.25, 0.3) is 44.8 Å². The Morgan fingerprint density at radius 2 is 1.17 bits per heavy atom. The maximum Gasteiger partial charge on any atom is 0.245 e. The van der Waals surface area contributed by atoms with Crippen molar-refractivity contribution in [3.63, 3.8) is 0 Å². The summed E-state index contributed by atoms with van der Waals surface area (Å²) in [5, 5.41) is 0. The second kappa shape index (κ2) is 17.7. The average Bonchev–Trinajstić information content (AvgIpc) is 4.20.